The van der Waals surface area contributed by atoms with Crippen molar-refractivity contribution in [1.82, 2.24) is 9.38 Å². The van der Waals surface area contributed by atoms with Crippen LogP contribution in [0.25, 0.3) is 5.65 Å². The third-order valence-electron chi connectivity index (χ3n) is 2.41. The normalized spacial score (nSPS) is 11.0. The van der Waals surface area contributed by atoms with E-state index in [-0.39, 0.29) is 0 Å². The third kappa shape index (κ3) is 1.32. The number of aromatic nitrogens is 2. The topological polar surface area (TPSA) is 17.3 Å². The summed E-state index contributed by atoms with van der Waals surface area (Å²) in [4.78, 5) is 4.41. The highest BCUT2D eigenvalue weighted by Gasteiger charge is 2.01. The molecule has 0 aliphatic rings. The zero-order valence-corrected chi connectivity index (χ0v) is 8.33. The minimum Gasteiger partial charge on any atom is -0.307 e. The number of nitrogens with zero attached hydrogens (tertiary/aromatic N) is 2. The van der Waals surface area contributed by atoms with Crippen molar-refractivity contribution in [1.29, 1.82) is 0 Å². The lowest BCUT2D eigenvalue weighted by Gasteiger charge is -2.02. The molecule has 2 heteroatoms. The Balaban J connectivity index is 2.72. The first-order chi connectivity index (χ1) is 6.20. The average Bonchev–Trinajstić information content (AvgIpc) is 2.42. The fourth-order valence-corrected chi connectivity index (χ4v) is 1.67. The van der Waals surface area contributed by atoms with E-state index in [4.69, 9.17) is 0 Å². The lowest BCUT2D eigenvalue weighted by atomic mass is 10.1. The van der Waals surface area contributed by atoms with E-state index in [0.29, 0.717) is 0 Å². The Kier molecular flexibility index (Phi) is 1.83. The molecule has 2 heterocycles. The van der Waals surface area contributed by atoms with E-state index in [1.807, 2.05) is 6.92 Å². The summed E-state index contributed by atoms with van der Waals surface area (Å²) < 4.78 is 2.10. The molecule has 0 spiro atoms. The molecule has 0 aliphatic carbocycles. The standard InChI is InChI=1S/C11H14N2/c1-4-10-7-13-6-9(3)12-11(13)5-8(10)2/h5-7H,4H2,1-3H3. The molecule has 0 bridgehead atoms. The third-order valence-corrected chi connectivity index (χ3v) is 2.41. The van der Waals surface area contributed by atoms with Crippen LogP contribution >= 0.6 is 0 Å². The molecule has 68 valence electrons. The van der Waals surface area contributed by atoms with Crippen molar-refractivity contribution in [2.75, 3.05) is 0 Å². The highest BCUT2D eigenvalue weighted by Crippen LogP contribution is 2.12. The largest absolute Gasteiger partial charge is 0.307 e. The van der Waals surface area contributed by atoms with Gasteiger partial charge in [-0.2, -0.15) is 0 Å². The highest BCUT2D eigenvalue weighted by atomic mass is 15.0. The van der Waals surface area contributed by atoms with Crippen molar-refractivity contribution in [3.63, 3.8) is 0 Å². The van der Waals surface area contributed by atoms with Crippen LogP contribution < -0.4 is 0 Å². The Bertz CT molecular complexity index is 441. The summed E-state index contributed by atoms with van der Waals surface area (Å²) in [6, 6.07) is 2.14. The molecule has 0 radical (unpaired) electrons. The van der Waals surface area contributed by atoms with Crippen LogP contribution in [-0.4, -0.2) is 9.38 Å². The van der Waals surface area contributed by atoms with Crippen molar-refractivity contribution in [3.8, 4) is 0 Å². The van der Waals surface area contributed by atoms with Gasteiger partial charge in [0, 0.05) is 12.4 Å². The van der Waals surface area contributed by atoms with Gasteiger partial charge in [-0.15, -0.1) is 0 Å². The van der Waals surface area contributed by atoms with Crippen LogP contribution in [0.15, 0.2) is 18.5 Å². The average molecular weight is 174 g/mol. The first-order valence-corrected chi connectivity index (χ1v) is 4.65. The minimum atomic E-state index is 1.05. The van der Waals surface area contributed by atoms with Crippen molar-refractivity contribution in [3.05, 3.63) is 35.3 Å². The number of hydrogen-bond donors (Lipinski definition) is 0. The van der Waals surface area contributed by atoms with Gasteiger partial charge >= 0.3 is 0 Å². The molecule has 13 heavy (non-hydrogen) atoms. The summed E-state index contributed by atoms with van der Waals surface area (Å²) in [5, 5.41) is 0. The molecule has 0 N–H and O–H groups in total. The molecule has 2 aromatic rings. The van der Waals surface area contributed by atoms with Gasteiger partial charge in [-0.3, -0.25) is 0 Å². The van der Waals surface area contributed by atoms with Crippen molar-refractivity contribution in [2.24, 2.45) is 0 Å². The zero-order valence-electron chi connectivity index (χ0n) is 8.33. The van der Waals surface area contributed by atoms with Crippen LogP contribution in [0.4, 0.5) is 0 Å². The molecule has 0 unspecified atom stereocenters. The molecule has 0 aromatic carbocycles. The molecule has 2 nitrogen and oxygen atoms in total. The molecule has 0 atom stereocenters. The van der Waals surface area contributed by atoms with Crippen LogP contribution in [0.2, 0.25) is 0 Å². The minimum absolute atomic E-state index is 1.05. The van der Waals surface area contributed by atoms with E-state index in [1.165, 1.54) is 11.1 Å². The monoisotopic (exact) mass is 174 g/mol. The van der Waals surface area contributed by atoms with Gasteiger partial charge in [-0.1, -0.05) is 6.92 Å². The first-order valence-electron chi connectivity index (χ1n) is 4.65. The Hall–Kier alpha value is -1.31. The van der Waals surface area contributed by atoms with Crippen LogP contribution in [-0.2, 0) is 6.42 Å². The Morgan fingerprint density at radius 3 is 2.77 bits per heavy atom. The Morgan fingerprint density at radius 2 is 2.08 bits per heavy atom. The van der Waals surface area contributed by atoms with E-state index in [9.17, 15) is 0 Å². The summed E-state index contributed by atoms with van der Waals surface area (Å²) in [5.74, 6) is 0. The number of rotatable bonds is 1. The quantitative estimate of drug-likeness (QED) is 0.649. The number of aryl methyl sites for hydroxylation is 3. The summed E-state index contributed by atoms with van der Waals surface area (Å²) in [6.45, 7) is 6.34. The Morgan fingerprint density at radius 1 is 1.31 bits per heavy atom. The SMILES string of the molecule is CCc1cn2cc(C)nc2cc1C. The Labute approximate surface area is 78.2 Å². The van der Waals surface area contributed by atoms with Gasteiger partial charge < -0.3 is 4.40 Å². The number of imidazole rings is 1. The molecule has 0 amide bonds. The number of pyridine rings is 1. The van der Waals surface area contributed by atoms with Gasteiger partial charge in [0.1, 0.15) is 5.65 Å². The summed E-state index contributed by atoms with van der Waals surface area (Å²) in [7, 11) is 0. The molecular weight excluding hydrogens is 160 g/mol. The predicted octanol–water partition coefficient (Wildman–Crippen LogP) is 2.51. The predicted molar refractivity (Wildman–Crippen MR) is 54.0 cm³/mol. The van der Waals surface area contributed by atoms with E-state index in [1.54, 1.807) is 0 Å². The molecular formula is C11H14N2. The number of hydrogen-bond acceptors (Lipinski definition) is 1. The molecule has 0 saturated heterocycles. The van der Waals surface area contributed by atoms with Crippen molar-refractivity contribution >= 4 is 5.65 Å². The van der Waals surface area contributed by atoms with Crippen LogP contribution in [0, 0.1) is 13.8 Å². The van der Waals surface area contributed by atoms with Crippen molar-refractivity contribution < 1.29 is 0 Å². The second-order valence-electron chi connectivity index (χ2n) is 3.48. The first kappa shape index (κ1) is 8.30. The van der Waals surface area contributed by atoms with Gasteiger partial charge in [0.2, 0.25) is 0 Å². The van der Waals surface area contributed by atoms with Crippen LogP contribution in [0.1, 0.15) is 23.7 Å². The van der Waals surface area contributed by atoms with E-state index in [2.05, 4.69) is 41.7 Å². The lowest BCUT2D eigenvalue weighted by molar-refractivity contribution is 1.04. The molecule has 0 aliphatic heterocycles. The highest BCUT2D eigenvalue weighted by molar-refractivity contribution is 5.45. The fraction of sp³-hybridized carbons (Fsp3) is 0.364. The number of fused-ring (bicyclic) bond motifs is 1. The maximum atomic E-state index is 4.41. The molecule has 0 saturated carbocycles. The molecule has 0 fully saturated rings. The van der Waals surface area contributed by atoms with Gasteiger partial charge in [0.25, 0.3) is 0 Å². The second kappa shape index (κ2) is 2.87. The second-order valence-corrected chi connectivity index (χ2v) is 3.48. The van der Waals surface area contributed by atoms with Gasteiger partial charge in [0.05, 0.1) is 5.69 Å². The fourth-order valence-electron chi connectivity index (χ4n) is 1.67. The summed E-state index contributed by atoms with van der Waals surface area (Å²) in [5.41, 5.74) is 4.85. The summed E-state index contributed by atoms with van der Waals surface area (Å²) >= 11 is 0. The molecule has 2 aromatic heterocycles. The van der Waals surface area contributed by atoms with Crippen LogP contribution in [0.5, 0.6) is 0 Å². The maximum Gasteiger partial charge on any atom is 0.137 e. The van der Waals surface area contributed by atoms with Gasteiger partial charge in [-0.25, -0.2) is 4.98 Å². The van der Waals surface area contributed by atoms with E-state index >= 15 is 0 Å². The lowest BCUT2D eigenvalue weighted by Crippen LogP contribution is -1.91. The van der Waals surface area contributed by atoms with Gasteiger partial charge in [0.15, 0.2) is 0 Å². The summed E-state index contributed by atoms with van der Waals surface area (Å²) in [6.07, 6.45) is 5.32. The smallest absolute Gasteiger partial charge is 0.137 e. The zero-order chi connectivity index (χ0) is 9.42. The maximum absolute atomic E-state index is 4.41. The van der Waals surface area contributed by atoms with E-state index in [0.717, 1.165) is 17.8 Å². The van der Waals surface area contributed by atoms with Crippen molar-refractivity contribution in [2.45, 2.75) is 27.2 Å². The molecule has 2 rings (SSSR count). The van der Waals surface area contributed by atoms with Gasteiger partial charge in [-0.05, 0) is 37.5 Å². The van der Waals surface area contributed by atoms with Crippen LogP contribution in [0.3, 0.4) is 0 Å². The van der Waals surface area contributed by atoms with E-state index < -0.39 is 0 Å².